The molecule has 1 aromatic heterocycles. The van der Waals surface area contributed by atoms with Gasteiger partial charge in [0.1, 0.15) is 5.76 Å². The quantitative estimate of drug-likeness (QED) is 0.496. The molecule has 1 amide bonds. The van der Waals surface area contributed by atoms with E-state index in [0.717, 1.165) is 109 Å². The minimum absolute atomic E-state index is 0.314. The zero-order valence-electron chi connectivity index (χ0n) is 19.8. The maximum atomic E-state index is 12.4. The van der Waals surface area contributed by atoms with Crippen molar-refractivity contribution in [3.05, 3.63) is 17.5 Å². The van der Waals surface area contributed by atoms with Crippen LogP contribution in [-0.2, 0) is 11.3 Å². The molecule has 0 atom stereocenters. The van der Waals surface area contributed by atoms with Crippen molar-refractivity contribution in [2.45, 2.75) is 39.7 Å². The molecule has 4 rings (SSSR count). The zero-order valence-corrected chi connectivity index (χ0v) is 19.8. The fraction of sp³-hybridized carbons (Fsp3) is 0.783. The molecule has 3 aliphatic rings. The van der Waals surface area contributed by atoms with E-state index < -0.39 is 0 Å². The molecule has 1 aromatic rings. The van der Waals surface area contributed by atoms with Gasteiger partial charge in [0.2, 0.25) is 5.91 Å². The van der Waals surface area contributed by atoms with E-state index in [4.69, 9.17) is 9.52 Å². The first kappa shape index (κ1) is 23.0. The number of hydrogen-bond acceptors (Lipinski definition) is 6. The zero-order chi connectivity index (χ0) is 22.3. The first-order valence-electron chi connectivity index (χ1n) is 12.3. The van der Waals surface area contributed by atoms with Gasteiger partial charge in [-0.2, -0.15) is 0 Å². The lowest BCUT2D eigenvalue weighted by Crippen LogP contribution is -2.53. The minimum Gasteiger partial charge on any atom is -0.361 e. The summed E-state index contributed by atoms with van der Waals surface area (Å²) in [6.07, 6.45) is 3.41. The largest absolute Gasteiger partial charge is 0.361 e. The molecule has 1 N–H and O–H groups in total. The highest BCUT2D eigenvalue weighted by Gasteiger charge is 2.31. The molecule has 0 bridgehead atoms. The first-order valence-corrected chi connectivity index (χ1v) is 12.3. The highest BCUT2D eigenvalue weighted by Crippen LogP contribution is 2.28. The van der Waals surface area contributed by atoms with Crippen LogP contribution in [0.15, 0.2) is 15.6 Å². The third kappa shape index (κ3) is 6.01. The summed E-state index contributed by atoms with van der Waals surface area (Å²) in [6, 6.07) is 2.01. The Morgan fingerprint density at radius 1 is 1.09 bits per heavy atom. The Balaban J connectivity index is 1.18. The average Bonchev–Trinajstić information content (AvgIpc) is 3.17. The fourth-order valence-electron chi connectivity index (χ4n) is 4.67. The summed E-state index contributed by atoms with van der Waals surface area (Å²) in [5.74, 6) is 2.59. The monoisotopic (exact) mass is 445 g/mol. The molecule has 0 unspecified atom stereocenters. The third-order valence-corrected chi connectivity index (χ3v) is 6.89. The van der Waals surface area contributed by atoms with Crippen molar-refractivity contribution in [3.63, 3.8) is 0 Å². The minimum atomic E-state index is 0.314. The van der Waals surface area contributed by atoms with E-state index in [9.17, 15) is 4.79 Å². The summed E-state index contributed by atoms with van der Waals surface area (Å²) in [5.41, 5.74) is 1.01. The van der Waals surface area contributed by atoms with E-state index in [-0.39, 0.29) is 0 Å². The van der Waals surface area contributed by atoms with Gasteiger partial charge in [0.25, 0.3) is 0 Å². The number of carbonyl (C=O) groups is 1. The molecule has 3 heterocycles. The van der Waals surface area contributed by atoms with Gasteiger partial charge in [0.05, 0.1) is 12.2 Å². The van der Waals surface area contributed by atoms with Crippen LogP contribution in [0.3, 0.4) is 0 Å². The molecule has 9 nitrogen and oxygen atoms in total. The van der Waals surface area contributed by atoms with E-state index in [1.54, 1.807) is 0 Å². The van der Waals surface area contributed by atoms with Gasteiger partial charge in [-0.3, -0.25) is 19.6 Å². The summed E-state index contributed by atoms with van der Waals surface area (Å²) in [6.45, 7) is 15.1. The van der Waals surface area contributed by atoms with Gasteiger partial charge in [-0.15, -0.1) is 0 Å². The van der Waals surface area contributed by atoms with Crippen molar-refractivity contribution < 1.29 is 9.32 Å². The molecule has 3 fully saturated rings. The number of aliphatic imine (C=N–C) groups is 1. The maximum absolute atomic E-state index is 12.4. The number of aromatic nitrogens is 1. The third-order valence-electron chi connectivity index (χ3n) is 6.89. The molecular weight excluding hydrogens is 406 g/mol. The summed E-state index contributed by atoms with van der Waals surface area (Å²) in [7, 11) is 0. The Morgan fingerprint density at radius 2 is 1.78 bits per heavy atom. The fourth-order valence-corrected chi connectivity index (χ4v) is 4.67. The highest BCUT2D eigenvalue weighted by molar-refractivity contribution is 5.80. The standard InChI is InChI=1S/C23H39N7O2/c1-3-24-23(30-15-11-28(12-16-30)18-21-17-19(2)32-26-21)25-7-8-27-9-13-29(14-10-27)22(31)20-5-4-6-20/h17,20H,3-16,18H2,1-2H3,(H,24,25). The lowest BCUT2D eigenvalue weighted by atomic mass is 9.84. The molecule has 0 radical (unpaired) electrons. The number of nitrogens with zero attached hydrogens (tertiary/aromatic N) is 6. The van der Waals surface area contributed by atoms with Crippen LogP contribution in [0.1, 0.15) is 37.6 Å². The van der Waals surface area contributed by atoms with Gasteiger partial charge < -0.3 is 19.6 Å². The number of guanidine groups is 1. The van der Waals surface area contributed by atoms with Crippen LogP contribution >= 0.6 is 0 Å². The van der Waals surface area contributed by atoms with Gasteiger partial charge >= 0.3 is 0 Å². The van der Waals surface area contributed by atoms with Crippen LogP contribution in [0.5, 0.6) is 0 Å². The number of hydrogen-bond donors (Lipinski definition) is 1. The molecule has 2 saturated heterocycles. The van der Waals surface area contributed by atoms with Gasteiger partial charge in [0.15, 0.2) is 5.96 Å². The predicted octanol–water partition coefficient (Wildman–Crippen LogP) is 1.01. The van der Waals surface area contributed by atoms with Crippen LogP contribution in [0, 0.1) is 12.8 Å². The van der Waals surface area contributed by atoms with Crippen molar-refractivity contribution in [2.75, 3.05) is 72.0 Å². The molecule has 1 saturated carbocycles. The normalized spacial score (nSPS) is 21.6. The number of piperazine rings is 2. The van der Waals surface area contributed by atoms with Gasteiger partial charge in [-0.1, -0.05) is 11.6 Å². The van der Waals surface area contributed by atoms with Crippen molar-refractivity contribution in [1.29, 1.82) is 0 Å². The molecule has 1 aliphatic carbocycles. The molecule has 178 valence electrons. The number of carbonyl (C=O) groups excluding carboxylic acids is 1. The van der Waals surface area contributed by atoms with Crippen LogP contribution in [0.2, 0.25) is 0 Å². The molecule has 0 spiro atoms. The molecular formula is C23H39N7O2. The summed E-state index contributed by atoms with van der Waals surface area (Å²) in [5, 5.41) is 7.58. The Kier molecular flexibility index (Phi) is 8.02. The highest BCUT2D eigenvalue weighted by atomic mass is 16.5. The lowest BCUT2D eigenvalue weighted by Gasteiger charge is -2.38. The predicted molar refractivity (Wildman–Crippen MR) is 124 cm³/mol. The van der Waals surface area contributed by atoms with Gasteiger partial charge in [0, 0.05) is 84.0 Å². The number of rotatable bonds is 7. The van der Waals surface area contributed by atoms with Crippen molar-refractivity contribution in [2.24, 2.45) is 10.9 Å². The number of aryl methyl sites for hydroxylation is 1. The summed E-state index contributed by atoms with van der Waals surface area (Å²) in [4.78, 5) is 26.6. The van der Waals surface area contributed by atoms with Gasteiger partial charge in [-0.05, 0) is 26.7 Å². The second kappa shape index (κ2) is 11.1. The van der Waals surface area contributed by atoms with E-state index in [0.29, 0.717) is 11.8 Å². The number of amides is 1. The van der Waals surface area contributed by atoms with E-state index >= 15 is 0 Å². The molecule has 9 heteroatoms. The lowest BCUT2D eigenvalue weighted by molar-refractivity contribution is -0.139. The number of nitrogens with one attached hydrogen (secondary N) is 1. The van der Waals surface area contributed by atoms with Crippen molar-refractivity contribution >= 4 is 11.9 Å². The van der Waals surface area contributed by atoms with Crippen LogP contribution in [-0.4, -0.2) is 109 Å². The smallest absolute Gasteiger partial charge is 0.225 e. The van der Waals surface area contributed by atoms with Crippen molar-refractivity contribution in [3.8, 4) is 0 Å². The van der Waals surface area contributed by atoms with E-state index in [1.807, 2.05) is 13.0 Å². The second-order valence-corrected chi connectivity index (χ2v) is 9.22. The summed E-state index contributed by atoms with van der Waals surface area (Å²) >= 11 is 0. The Morgan fingerprint density at radius 3 is 2.38 bits per heavy atom. The molecule has 32 heavy (non-hydrogen) atoms. The maximum Gasteiger partial charge on any atom is 0.225 e. The summed E-state index contributed by atoms with van der Waals surface area (Å²) < 4.78 is 5.19. The average molecular weight is 446 g/mol. The Bertz CT molecular complexity index is 760. The van der Waals surface area contributed by atoms with Crippen LogP contribution in [0.25, 0.3) is 0 Å². The Hall–Kier alpha value is -2.13. The topological polar surface area (TPSA) is 80.5 Å². The second-order valence-electron chi connectivity index (χ2n) is 9.22. The first-order chi connectivity index (χ1) is 15.6. The van der Waals surface area contributed by atoms with E-state index in [1.165, 1.54) is 6.42 Å². The molecule has 0 aromatic carbocycles. The van der Waals surface area contributed by atoms with Gasteiger partial charge in [-0.25, -0.2) is 0 Å². The van der Waals surface area contributed by atoms with Crippen molar-refractivity contribution in [1.82, 2.24) is 30.1 Å². The van der Waals surface area contributed by atoms with Crippen LogP contribution in [0.4, 0.5) is 0 Å². The van der Waals surface area contributed by atoms with Crippen LogP contribution < -0.4 is 5.32 Å². The SMILES string of the molecule is CCNC(=NCCN1CCN(C(=O)C2CCC2)CC1)N1CCN(Cc2cc(C)on2)CC1. The van der Waals surface area contributed by atoms with E-state index in [2.05, 4.69) is 37.0 Å². The Labute approximate surface area is 191 Å². The molecule has 2 aliphatic heterocycles.